The molecular weight excluding hydrogens is 312 g/mol. The highest BCUT2D eigenvalue weighted by Crippen LogP contribution is 2.69. The molecule has 3 nitrogen and oxygen atoms in total. The Balaban J connectivity index is 1.67. The van der Waals surface area contributed by atoms with E-state index in [4.69, 9.17) is 0 Å². The van der Waals surface area contributed by atoms with Gasteiger partial charge in [0.2, 0.25) is 0 Å². The normalized spacial score (nSPS) is 58.2. The van der Waals surface area contributed by atoms with Crippen LogP contribution < -0.4 is 0 Å². The van der Waals surface area contributed by atoms with Gasteiger partial charge >= 0.3 is 0 Å². The van der Waals surface area contributed by atoms with Crippen molar-refractivity contribution < 1.29 is 15.0 Å². The van der Waals surface area contributed by atoms with E-state index >= 15 is 0 Å². The third-order valence-corrected chi connectivity index (χ3v) is 9.76. The molecule has 4 fully saturated rings. The monoisotopic (exact) mass is 348 g/mol. The minimum atomic E-state index is -1.14. The molecule has 2 N–H and O–H groups in total. The highest BCUT2D eigenvalue weighted by molar-refractivity contribution is 5.86. The van der Waals surface area contributed by atoms with Gasteiger partial charge in [-0.25, -0.2) is 0 Å². The van der Waals surface area contributed by atoms with Crippen LogP contribution in [0.25, 0.3) is 0 Å². The first-order valence-corrected chi connectivity index (χ1v) is 10.6. The van der Waals surface area contributed by atoms with Crippen LogP contribution in [0.1, 0.15) is 79.1 Å². The standard InChI is InChI=1S/C22H36O3/c1-13-11-19-17-6-5-15-12-16(24)7-9-20(15,3)18(17)8-10-21(19,4)22(13,25)14(2)23/h13,15-19,24-25H,5-12H2,1-4H3/t13-,15+,16-,17-,18-,19-,20+,21+,22+/m1/s1. The minimum absolute atomic E-state index is 0.0239. The molecule has 4 aliphatic carbocycles. The van der Waals surface area contributed by atoms with Gasteiger partial charge in [-0.05, 0) is 93.3 Å². The number of hydrogen-bond acceptors (Lipinski definition) is 3. The van der Waals surface area contributed by atoms with E-state index in [9.17, 15) is 15.0 Å². The summed E-state index contributed by atoms with van der Waals surface area (Å²) < 4.78 is 0. The van der Waals surface area contributed by atoms with Crippen LogP contribution in [0.2, 0.25) is 0 Å². The van der Waals surface area contributed by atoms with Crippen LogP contribution in [0.15, 0.2) is 0 Å². The lowest BCUT2D eigenvalue weighted by Gasteiger charge is -2.61. The molecule has 0 bridgehead atoms. The van der Waals surface area contributed by atoms with Crippen molar-refractivity contribution in [3.8, 4) is 0 Å². The molecule has 0 aromatic rings. The maximum atomic E-state index is 12.4. The third-order valence-electron chi connectivity index (χ3n) is 9.76. The molecule has 9 atom stereocenters. The molecule has 0 aromatic heterocycles. The lowest BCUT2D eigenvalue weighted by molar-refractivity contribution is -0.175. The number of aliphatic hydroxyl groups is 2. The predicted molar refractivity (Wildman–Crippen MR) is 97.9 cm³/mol. The van der Waals surface area contributed by atoms with E-state index in [0.717, 1.165) is 38.5 Å². The summed E-state index contributed by atoms with van der Waals surface area (Å²) in [6.07, 6.45) is 8.53. The number of carbonyl (C=O) groups is 1. The maximum Gasteiger partial charge on any atom is 0.162 e. The summed E-state index contributed by atoms with van der Waals surface area (Å²) in [4.78, 5) is 12.4. The van der Waals surface area contributed by atoms with Crippen molar-refractivity contribution in [3.05, 3.63) is 0 Å². The quantitative estimate of drug-likeness (QED) is 0.754. The number of hydrogen-bond donors (Lipinski definition) is 2. The Morgan fingerprint density at radius 2 is 1.72 bits per heavy atom. The zero-order valence-corrected chi connectivity index (χ0v) is 16.4. The number of rotatable bonds is 1. The van der Waals surface area contributed by atoms with Crippen LogP contribution >= 0.6 is 0 Å². The second-order valence-electron chi connectivity index (χ2n) is 10.5. The van der Waals surface area contributed by atoms with Crippen molar-refractivity contribution in [1.29, 1.82) is 0 Å². The molecule has 25 heavy (non-hydrogen) atoms. The van der Waals surface area contributed by atoms with Crippen LogP contribution in [-0.4, -0.2) is 27.7 Å². The predicted octanol–water partition coefficient (Wildman–Crippen LogP) is 3.96. The Kier molecular flexibility index (Phi) is 3.99. The largest absolute Gasteiger partial charge is 0.393 e. The molecule has 0 unspecified atom stereocenters. The first-order chi connectivity index (χ1) is 11.6. The van der Waals surface area contributed by atoms with Crippen molar-refractivity contribution >= 4 is 5.78 Å². The smallest absolute Gasteiger partial charge is 0.162 e. The second-order valence-corrected chi connectivity index (χ2v) is 10.5. The number of ketones is 1. The molecule has 4 aliphatic rings. The lowest BCUT2D eigenvalue weighted by atomic mass is 9.44. The van der Waals surface area contributed by atoms with E-state index in [2.05, 4.69) is 20.8 Å². The molecule has 4 saturated carbocycles. The van der Waals surface area contributed by atoms with Gasteiger partial charge in [-0.15, -0.1) is 0 Å². The summed E-state index contributed by atoms with van der Waals surface area (Å²) >= 11 is 0. The summed E-state index contributed by atoms with van der Waals surface area (Å²) in [7, 11) is 0. The fourth-order valence-electron chi connectivity index (χ4n) is 8.33. The Morgan fingerprint density at radius 3 is 2.40 bits per heavy atom. The van der Waals surface area contributed by atoms with E-state index in [1.165, 1.54) is 12.8 Å². The fourth-order valence-corrected chi connectivity index (χ4v) is 8.33. The van der Waals surface area contributed by atoms with Crippen LogP contribution in [0.4, 0.5) is 0 Å². The molecule has 0 heterocycles. The average molecular weight is 349 g/mol. The van der Waals surface area contributed by atoms with Gasteiger partial charge in [0.05, 0.1) is 6.10 Å². The van der Waals surface area contributed by atoms with Crippen molar-refractivity contribution in [2.45, 2.75) is 90.8 Å². The van der Waals surface area contributed by atoms with Gasteiger partial charge in [-0.2, -0.15) is 0 Å². The highest BCUT2D eigenvalue weighted by Gasteiger charge is 2.68. The molecule has 4 rings (SSSR count). The SMILES string of the molecule is CC(=O)[C@@]1(O)[C@H](C)C[C@@H]2[C@@H]3CC[C@H]4C[C@H](O)CC[C@]4(C)[C@@H]3CC[C@@]21C. The van der Waals surface area contributed by atoms with Crippen molar-refractivity contribution in [1.82, 2.24) is 0 Å². The van der Waals surface area contributed by atoms with E-state index in [1.807, 2.05) is 0 Å². The van der Waals surface area contributed by atoms with Gasteiger partial charge in [0.1, 0.15) is 5.60 Å². The molecular formula is C22H36O3. The van der Waals surface area contributed by atoms with E-state index in [-0.39, 0.29) is 23.2 Å². The first-order valence-electron chi connectivity index (χ1n) is 10.6. The molecule has 0 spiro atoms. The Labute approximate surface area is 152 Å². The Bertz CT molecular complexity index is 574. The highest BCUT2D eigenvalue weighted by atomic mass is 16.3. The van der Waals surface area contributed by atoms with Crippen LogP contribution in [0, 0.1) is 40.4 Å². The molecule has 3 heteroatoms. The number of fused-ring (bicyclic) bond motifs is 5. The third kappa shape index (κ3) is 2.15. The van der Waals surface area contributed by atoms with Gasteiger partial charge in [-0.3, -0.25) is 4.79 Å². The fraction of sp³-hybridized carbons (Fsp3) is 0.955. The molecule has 0 saturated heterocycles. The van der Waals surface area contributed by atoms with Crippen molar-refractivity contribution in [2.24, 2.45) is 40.4 Å². The van der Waals surface area contributed by atoms with Crippen LogP contribution in [0.3, 0.4) is 0 Å². The van der Waals surface area contributed by atoms with Gasteiger partial charge in [0.15, 0.2) is 5.78 Å². The van der Waals surface area contributed by atoms with Crippen LogP contribution in [-0.2, 0) is 4.79 Å². The topological polar surface area (TPSA) is 57.5 Å². The first kappa shape index (κ1) is 18.0. The number of aliphatic hydroxyl groups excluding tert-OH is 1. The van der Waals surface area contributed by atoms with E-state index < -0.39 is 5.60 Å². The molecule has 0 amide bonds. The number of carbonyl (C=O) groups excluding carboxylic acids is 1. The summed E-state index contributed by atoms with van der Waals surface area (Å²) in [6.45, 7) is 8.37. The Hall–Kier alpha value is -0.410. The van der Waals surface area contributed by atoms with Crippen molar-refractivity contribution in [2.75, 3.05) is 0 Å². The minimum Gasteiger partial charge on any atom is -0.393 e. The van der Waals surface area contributed by atoms with Crippen molar-refractivity contribution in [3.63, 3.8) is 0 Å². The summed E-state index contributed by atoms with van der Waals surface area (Å²) in [6, 6.07) is 0. The average Bonchev–Trinajstić information content (AvgIpc) is 2.77. The molecule has 0 radical (unpaired) electrons. The molecule has 0 aromatic carbocycles. The van der Waals surface area contributed by atoms with Gasteiger partial charge < -0.3 is 10.2 Å². The van der Waals surface area contributed by atoms with Gasteiger partial charge in [-0.1, -0.05) is 20.8 Å². The van der Waals surface area contributed by atoms with Gasteiger partial charge in [0.25, 0.3) is 0 Å². The molecule has 142 valence electrons. The Morgan fingerprint density at radius 1 is 1.00 bits per heavy atom. The summed E-state index contributed by atoms with van der Waals surface area (Å²) in [5.41, 5.74) is -1.04. The second kappa shape index (κ2) is 5.55. The molecule has 0 aliphatic heterocycles. The van der Waals surface area contributed by atoms with E-state index in [0.29, 0.717) is 29.1 Å². The van der Waals surface area contributed by atoms with Gasteiger partial charge in [0, 0.05) is 5.41 Å². The number of Topliss-reactive ketones (excluding diaryl/α,β-unsaturated/α-hetero) is 1. The maximum absolute atomic E-state index is 12.4. The van der Waals surface area contributed by atoms with E-state index in [1.54, 1.807) is 6.92 Å². The zero-order chi connectivity index (χ0) is 18.2. The summed E-state index contributed by atoms with van der Waals surface area (Å²) in [5, 5.41) is 21.6. The van der Waals surface area contributed by atoms with Crippen LogP contribution in [0.5, 0.6) is 0 Å². The zero-order valence-electron chi connectivity index (χ0n) is 16.4. The lowest BCUT2D eigenvalue weighted by Crippen LogP contribution is -2.59. The summed E-state index contributed by atoms with van der Waals surface area (Å²) in [5.74, 6) is 2.53.